The van der Waals surface area contributed by atoms with E-state index in [0.29, 0.717) is 5.92 Å². The van der Waals surface area contributed by atoms with E-state index in [1.54, 1.807) is 16.7 Å². The average molecular weight is 561 g/mol. The zero-order chi connectivity index (χ0) is 20.4. The molecule has 7 rings (SSSR count). The van der Waals surface area contributed by atoms with Gasteiger partial charge in [-0.1, -0.05) is 85.2 Å². The Balaban J connectivity index is 0.000000913. The Morgan fingerprint density at radius 3 is 1.56 bits per heavy atom. The molecule has 0 radical (unpaired) electrons. The van der Waals surface area contributed by atoms with Crippen LogP contribution in [0.1, 0.15) is 49.1 Å². The molecule has 0 atom stereocenters. The van der Waals surface area contributed by atoms with Crippen molar-refractivity contribution in [2.75, 3.05) is 0 Å². The summed E-state index contributed by atoms with van der Waals surface area (Å²) in [6.45, 7) is 0. The molecule has 4 aromatic rings. The zero-order valence-corrected chi connectivity index (χ0v) is 23.0. The van der Waals surface area contributed by atoms with E-state index in [4.69, 9.17) is 0 Å². The molecule has 0 N–H and O–H groups in total. The normalized spacial score (nSPS) is 17.5. The van der Waals surface area contributed by atoms with Crippen LogP contribution < -0.4 is 24.8 Å². The number of halogens is 2. The first-order valence-electron chi connectivity index (χ1n) is 11.8. The molecule has 34 heavy (non-hydrogen) atoms. The molecule has 0 aromatic heterocycles. The Bertz CT molecular complexity index is 1340. The largest absolute Gasteiger partial charge is 2.00 e. The second-order valence-electron chi connectivity index (χ2n) is 9.69. The summed E-state index contributed by atoms with van der Waals surface area (Å²) in [5.41, 5.74) is 7.95. The van der Waals surface area contributed by atoms with Gasteiger partial charge >= 0.3 is 26.2 Å². The van der Waals surface area contributed by atoms with Crippen LogP contribution in [0.3, 0.4) is 0 Å². The maximum atomic E-state index is 2.52. The summed E-state index contributed by atoms with van der Waals surface area (Å²) in [6.07, 6.45) is 13.5. The number of rotatable bonds is 2. The van der Waals surface area contributed by atoms with E-state index in [9.17, 15) is 0 Å². The predicted molar refractivity (Wildman–Crippen MR) is 131 cm³/mol. The topological polar surface area (TPSA) is 0 Å². The third-order valence-electron chi connectivity index (χ3n) is 8.21. The van der Waals surface area contributed by atoms with E-state index in [1.165, 1.54) is 58.4 Å². The number of hydrogen-bond donors (Lipinski definition) is 0. The van der Waals surface area contributed by atoms with Gasteiger partial charge in [-0.15, -0.1) is 0 Å². The summed E-state index contributed by atoms with van der Waals surface area (Å²) in [6, 6.07) is 27.7. The molecule has 0 saturated heterocycles. The van der Waals surface area contributed by atoms with Gasteiger partial charge in [0.15, 0.2) is 0 Å². The molecule has 4 aromatic carbocycles. The minimum Gasteiger partial charge on any atom is -1.00 e. The summed E-state index contributed by atoms with van der Waals surface area (Å²) in [7, 11) is 0. The molecule has 0 nitrogen and oxygen atoms in total. The second kappa shape index (κ2) is 9.77. The van der Waals surface area contributed by atoms with Gasteiger partial charge in [-0.2, -0.15) is 0 Å². The second-order valence-corrected chi connectivity index (χ2v) is 9.69. The Hall–Kier alpha value is -1.66. The van der Waals surface area contributed by atoms with Crippen LogP contribution in [0.4, 0.5) is 0 Å². The SMILES string of the molecule is C1=CCC(C2(C3c4cc5ccccc5cc4-c4cc5ccccc5cc43)CCCC2)=C1.[Cl-].[Cl-].[Zr+2]. The smallest absolute Gasteiger partial charge is 1.00 e. The van der Waals surface area contributed by atoms with Crippen molar-refractivity contribution >= 4 is 21.5 Å². The van der Waals surface area contributed by atoms with E-state index >= 15 is 0 Å². The van der Waals surface area contributed by atoms with Crippen LogP contribution in [0.5, 0.6) is 0 Å². The van der Waals surface area contributed by atoms with Crippen molar-refractivity contribution in [1.29, 1.82) is 0 Å². The number of benzene rings is 4. The zero-order valence-electron chi connectivity index (χ0n) is 19.0. The van der Waals surface area contributed by atoms with Gasteiger partial charge in [-0.25, -0.2) is 0 Å². The molecule has 0 aliphatic heterocycles. The van der Waals surface area contributed by atoms with Crippen LogP contribution >= 0.6 is 0 Å². The van der Waals surface area contributed by atoms with Gasteiger partial charge < -0.3 is 24.8 Å². The molecule has 0 heterocycles. The predicted octanol–water partition coefficient (Wildman–Crippen LogP) is 2.56. The first-order chi connectivity index (χ1) is 15.3. The summed E-state index contributed by atoms with van der Waals surface area (Å²) in [5, 5.41) is 5.44. The van der Waals surface area contributed by atoms with Crippen molar-refractivity contribution in [2.45, 2.75) is 38.0 Å². The van der Waals surface area contributed by atoms with E-state index in [2.05, 4.69) is 91.0 Å². The van der Waals surface area contributed by atoms with Crippen LogP contribution in [-0.2, 0) is 26.2 Å². The maximum Gasteiger partial charge on any atom is 2.00 e. The van der Waals surface area contributed by atoms with Crippen molar-refractivity contribution in [3.63, 3.8) is 0 Å². The standard InChI is InChI=1S/C31H26.2ClH.Zr/c1-3-11-23-19-28-26(17-21(23)9-1)27-18-22-10-2-4-12-24(22)20-29(27)30(28)31(15-7-8-16-31)25-13-5-6-14-25;;;/h1-6,9-13,17-20,30H,7-8,14-16H2;2*1H;/q;;;+2/p-2. The molecule has 1 fully saturated rings. The molecule has 0 bridgehead atoms. The summed E-state index contributed by atoms with van der Waals surface area (Å²) < 4.78 is 0. The van der Waals surface area contributed by atoms with Crippen LogP contribution in [0.15, 0.2) is 96.6 Å². The van der Waals surface area contributed by atoms with Gasteiger partial charge in [0.1, 0.15) is 0 Å². The minimum atomic E-state index is 0. The fraction of sp³-hybridized carbons (Fsp3) is 0.226. The van der Waals surface area contributed by atoms with Crippen LogP contribution in [0.2, 0.25) is 0 Å². The van der Waals surface area contributed by atoms with Crippen LogP contribution in [-0.4, -0.2) is 0 Å². The van der Waals surface area contributed by atoms with E-state index < -0.39 is 0 Å². The summed E-state index contributed by atoms with van der Waals surface area (Å²) in [4.78, 5) is 0. The van der Waals surface area contributed by atoms with Crippen molar-refractivity contribution in [3.05, 3.63) is 108 Å². The Morgan fingerprint density at radius 1 is 0.647 bits per heavy atom. The average Bonchev–Trinajstić information content (AvgIpc) is 3.56. The van der Waals surface area contributed by atoms with Gasteiger partial charge in [-0.05, 0) is 87.3 Å². The molecular weight excluding hydrogens is 534 g/mol. The maximum absolute atomic E-state index is 2.52. The van der Waals surface area contributed by atoms with Crippen molar-refractivity contribution < 1.29 is 51.0 Å². The van der Waals surface area contributed by atoms with Gasteiger partial charge in [0.05, 0.1) is 0 Å². The number of fused-ring (bicyclic) bond motifs is 5. The van der Waals surface area contributed by atoms with E-state index in [-0.39, 0.29) is 56.4 Å². The molecular formula is C31H26Cl2Zr. The molecule has 0 spiro atoms. The molecule has 1 saturated carbocycles. The molecule has 3 aliphatic rings. The summed E-state index contributed by atoms with van der Waals surface area (Å²) in [5.74, 6) is 0.459. The van der Waals surface area contributed by atoms with Gasteiger partial charge in [0.25, 0.3) is 0 Å². The van der Waals surface area contributed by atoms with Crippen LogP contribution in [0.25, 0.3) is 32.7 Å². The molecule has 0 unspecified atom stereocenters. The van der Waals surface area contributed by atoms with Crippen molar-refractivity contribution in [2.24, 2.45) is 5.41 Å². The fourth-order valence-electron chi connectivity index (χ4n) is 6.84. The monoisotopic (exact) mass is 558 g/mol. The quantitative estimate of drug-likeness (QED) is 0.354. The molecule has 0 amide bonds. The summed E-state index contributed by atoms with van der Waals surface area (Å²) >= 11 is 0. The van der Waals surface area contributed by atoms with Gasteiger partial charge in [0, 0.05) is 11.3 Å². The minimum absolute atomic E-state index is 0. The third-order valence-corrected chi connectivity index (χ3v) is 8.21. The number of allylic oxidation sites excluding steroid dienone is 4. The third kappa shape index (κ3) is 3.67. The van der Waals surface area contributed by atoms with E-state index in [1.807, 2.05) is 0 Å². The van der Waals surface area contributed by atoms with Crippen molar-refractivity contribution in [3.8, 4) is 11.1 Å². The fourth-order valence-corrected chi connectivity index (χ4v) is 6.84. The Morgan fingerprint density at radius 2 is 1.12 bits per heavy atom. The first kappa shape index (κ1) is 25.4. The first-order valence-corrected chi connectivity index (χ1v) is 11.8. The van der Waals surface area contributed by atoms with Gasteiger partial charge in [-0.3, -0.25) is 0 Å². The van der Waals surface area contributed by atoms with Crippen molar-refractivity contribution in [1.82, 2.24) is 0 Å². The van der Waals surface area contributed by atoms with Crippen LogP contribution in [0, 0.1) is 5.41 Å². The molecule has 3 heteroatoms. The Kier molecular flexibility index (Phi) is 7.31. The Labute approximate surface area is 233 Å². The van der Waals surface area contributed by atoms with E-state index in [0.717, 1.165) is 6.42 Å². The van der Waals surface area contributed by atoms with Gasteiger partial charge in [0.2, 0.25) is 0 Å². The molecule has 3 aliphatic carbocycles. The molecule has 168 valence electrons. The number of hydrogen-bond acceptors (Lipinski definition) is 0.